The predicted octanol–water partition coefficient (Wildman–Crippen LogP) is 2.21. The topological polar surface area (TPSA) is 47.3 Å². The number of H-pyrrole nitrogens is 1. The van der Waals surface area contributed by atoms with E-state index in [0.29, 0.717) is 4.77 Å². The summed E-state index contributed by atoms with van der Waals surface area (Å²) in [5, 5.41) is 7.42. The highest BCUT2D eigenvalue weighted by Crippen LogP contribution is 2.25. The monoisotopic (exact) mass is 361 g/mol. The van der Waals surface area contributed by atoms with Crippen LogP contribution in [0.2, 0.25) is 0 Å². The van der Waals surface area contributed by atoms with Gasteiger partial charge in [0.1, 0.15) is 13.1 Å². The van der Waals surface area contributed by atoms with Crippen molar-refractivity contribution in [3.05, 3.63) is 34.6 Å². The van der Waals surface area contributed by atoms with Gasteiger partial charge in [-0.25, -0.2) is 0 Å². The zero-order valence-electron chi connectivity index (χ0n) is 15.5. The van der Waals surface area contributed by atoms with Gasteiger partial charge in [0.25, 0.3) is 0 Å². The summed E-state index contributed by atoms with van der Waals surface area (Å²) < 4.78 is 8.25. The number of aromatic nitrogens is 3. The van der Waals surface area contributed by atoms with E-state index in [0.717, 1.165) is 57.2 Å². The van der Waals surface area contributed by atoms with Crippen molar-refractivity contribution in [1.82, 2.24) is 14.8 Å². The van der Waals surface area contributed by atoms with Gasteiger partial charge in [-0.05, 0) is 23.2 Å². The molecule has 1 aromatic heterocycles. The molecule has 0 amide bonds. The van der Waals surface area contributed by atoms with Crippen LogP contribution in [0.1, 0.15) is 32.8 Å². The average Bonchev–Trinajstić information content (AvgIpc) is 2.96. The van der Waals surface area contributed by atoms with Crippen molar-refractivity contribution in [1.29, 1.82) is 0 Å². The maximum atomic E-state index is 5.45. The number of rotatable bonds is 5. The Labute approximate surface area is 155 Å². The van der Waals surface area contributed by atoms with Crippen molar-refractivity contribution in [3.63, 3.8) is 0 Å². The molecule has 3 rings (SSSR count). The molecule has 2 heterocycles. The van der Waals surface area contributed by atoms with E-state index in [1.165, 1.54) is 5.56 Å². The summed E-state index contributed by atoms with van der Waals surface area (Å²) in [7, 11) is 0. The van der Waals surface area contributed by atoms with Gasteiger partial charge in [-0.15, -0.1) is 0 Å². The number of hydrogen-bond donors (Lipinski definition) is 2. The van der Waals surface area contributed by atoms with Crippen LogP contribution >= 0.6 is 12.2 Å². The zero-order chi connectivity index (χ0) is 17.9. The third kappa shape index (κ3) is 4.57. The molecule has 5 nitrogen and oxygen atoms in total. The summed E-state index contributed by atoms with van der Waals surface area (Å²) >= 11 is 5.45. The average molecular weight is 362 g/mol. The third-order valence-corrected chi connectivity index (χ3v) is 5.19. The number of nitrogens with one attached hydrogen (secondary N) is 2. The molecule has 1 aliphatic heterocycles. The van der Waals surface area contributed by atoms with Gasteiger partial charge in [-0.1, -0.05) is 45.0 Å². The molecule has 1 aromatic carbocycles. The minimum Gasteiger partial charge on any atom is -0.370 e. The number of ether oxygens (including phenoxy) is 1. The van der Waals surface area contributed by atoms with Crippen molar-refractivity contribution in [3.8, 4) is 11.4 Å². The van der Waals surface area contributed by atoms with Gasteiger partial charge in [-0.3, -0.25) is 9.67 Å². The fourth-order valence-electron chi connectivity index (χ4n) is 3.26. The number of hydrogen-bond acceptors (Lipinski definition) is 3. The first-order valence-corrected chi connectivity index (χ1v) is 9.53. The maximum absolute atomic E-state index is 5.45. The summed E-state index contributed by atoms with van der Waals surface area (Å²) in [6, 6.07) is 8.68. The second-order valence-electron chi connectivity index (χ2n) is 7.80. The Morgan fingerprint density at radius 1 is 1.20 bits per heavy atom. The highest BCUT2D eigenvalue weighted by atomic mass is 32.1. The standard InChI is InChI=1S/C19H28N4OS/c1-19(2,3)16-7-5-15(6-8-16)17-20-21-18(25)23(17)10-4-9-22-11-13-24-14-12-22/h5-8H,4,9-14H2,1-3H3,(H,21,25)/p+1. The molecular formula is C19H29N4OS+. The van der Waals surface area contributed by atoms with Crippen molar-refractivity contribution in [2.24, 2.45) is 0 Å². The molecule has 0 spiro atoms. The van der Waals surface area contributed by atoms with Crippen molar-refractivity contribution in [2.45, 2.75) is 39.2 Å². The molecule has 6 heteroatoms. The quantitative estimate of drug-likeness (QED) is 0.803. The van der Waals surface area contributed by atoms with Crippen molar-refractivity contribution in [2.75, 3.05) is 32.8 Å². The van der Waals surface area contributed by atoms with Crippen molar-refractivity contribution < 1.29 is 9.64 Å². The van der Waals surface area contributed by atoms with Crippen LogP contribution < -0.4 is 4.90 Å². The van der Waals surface area contributed by atoms with E-state index in [1.54, 1.807) is 4.90 Å². The molecule has 2 aromatic rings. The van der Waals surface area contributed by atoms with E-state index in [1.807, 2.05) is 0 Å². The summed E-state index contributed by atoms with van der Waals surface area (Å²) in [5.74, 6) is 0.933. The fourth-order valence-corrected chi connectivity index (χ4v) is 3.49. The largest absolute Gasteiger partial charge is 0.370 e. The molecule has 0 atom stereocenters. The van der Waals surface area contributed by atoms with Crippen LogP contribution in [0.5, 0.6) is 0 Å². The molecular weight excluding hydrogens is 332 g/mol. The third-order valence-electron chi connectivity index (χ3n) is 4.88. The SMILES string of the molecule is CC(C)(C)c1ccc(-c2n[nH]c(=S)n2CCC[NH+]2CCOCC2)cc1. The first kappa shape index (κ1) is 18.3. The predicted molar refractivity (Wildman–Crippen MR) is 103 cm³/mol. The Bertz CT molecular complexity index is 736. The van der Waals surface area contributed by atoms with E-state index >= 15 is 0 Å². The van der Waals surface area contributed by atoms with Crippen LogP contribution in [0.15, 0.2) is 24.3 Å². The number of quaternary nitrogens is 1. The molecule has 25 heavy (non-hydrogen) atoms. The second kappa shape index (κ2) is 7.81. The zero-order valence-corrected chi connectivity index (χ0v) is 16.3. The minimum absolute atomic E-state index is 0.157. The smallest absolute Gasteiger partial charge is 0.195 e. The first-order valence-electron chi connectivity index (χ1n) is 9.12. The Balaban J connectivity index is 1.69. The van der Waals surface area contributed by atoms with Crippen LogP contribution in [-0.4, -0.2) is 47.6 Å². The molecule has 1 fully saturated rings. The van der Waals surface area contributed by atoms with Crippen LogP contribution in [0.3, 0.4) is 0 Å². The van der Waals surface area contributed by atoms with Crippen molar-refractivity contribution >= 4 is 12.2 Å². The van der Waals surface area contributed by atoms with Gasteiger partial charge in [0.15, 0.2) is 10.6 Å². The minimum atomic E-state index is 0.157. The molecule has 1 aliphatic rings. The van der Waals surface area contributed by atoms with E-state index in [4.69, 9.17) is 17.0 Å². The molecule has 0 saturated carbocycles. The van der Waals surface area contributed by atoms with Gasteiger partial charge >= 0.3 is 0 Å². The Morgan fingerprint density at radius 2 is 1.88 bits per heavy atom. The molecule has 0 unspecified atom stereocenters. The number of aromatic amines is 1. The Hall–Kier alpha value is -1.50. The van der Waals surface area contributed by atoms with Gasteiger partial charge in [-0.2, -0.15) is 5.10 Å². The first-order chi connectivity index (χ1) is 11.9. The summed E-state index contributed by atoms with van der Waals surface area (Å²) in [4.78, 5) is 1.62. The lowest BCUT2D eigenvalue weighted by atomic mass is 9.87. The normalized spacial score (nSPS) is 16.3. The molecule has 0 aliphatic carbocycles. The van der Waals surface area contributed by atoms with E-state index in [2.05, 4.69) is 59.8 Å². The summed E-state index contributed by atoms with van der Waals surface area (Å²) in [6.45, 7) is 12.7. The lowest BCUT2D eigenvalue weighted by molar-refractivity contribution is -0.908. The van der Waals surface area contributed by atoms with Gasteiger partial charge in [0.2, 0.25) is 0 Å². The number of nitrogens with zero attached hydrogens (tertiary/aromatic N) is 2. The lowest BCUT2D eigenvalue weighted by Crippen LogP contribution is -3.14. The van der Waals surface area contributed by atoms with E-state index < -0.39 is 0 Å². The van der Waals surface area contributed by atoms with Gasteiger partial charge in [0, 0.05) is 18.5 Å². The second-order valence-corrected chi connectivity index (χ2v) is 8.18. The highest BCUT2D eigenvalue weighted by Gasteiger charge is 2.16. The van der Waals surface area contributed by atoms with Gasteiger partial charge in [0.05, 0.1) is 19.8 Å². The van der Waals surface area contributed by atoms with Crippen LogP contribution in [0.4, 0.5) is 0 Å². The Kier molecular flexibility index (Phi) is 5.71. The van der Waals surface area contributed by atoms with E-state index in [9.17, 15) is 0 Å². The van der Waals surface area contributed by atoms with Crippen LogP contribution in [-0.2, 0) is 16.7 Å². The molecule has 0 bridgehead atoms. The molecule has 136 valence electrons. The molecule has 1 saturated heterocycles. The van der Waals surface area contributed by atoms with Crippen LogP contribution in [0, 0.1) is 4.77 Å². The fraction of sp³-hybridized carbons (Fsp3) is 0.579. The number of morpholine rings is 1. The lowest BCUT2D eigenvalue weighted by Gasteiger charge is -2.23. The summed E-state index contributed by atoms with van der Waals surface area (Å²) in [5.41, 5.74) is 2.59. The maximum Gasteiger partial charge on any atom is 0.195 e. The molecule has 2 N–H and O–H groups in total. The highest BCUT2D eigenvalue weighted by molar-refractivity contribution is 7.71. The molecule has 0 radical (unpaired) electrons. The van der Waals surface area contributed by atoms with Gasteiger partial charge < -0.3 is 9.64 Å². The number of benzene rings is 1. The summed E-state index contributed by atoms with van der Waals surface area (Å²) in [6.07, 6.45) is 1.09. The van der Waals surface area contributed by atoms with Crippen LogP contribution in [0.25, 0.3) is 11.4 Å². The Morgan fingerprint density at radius 3 is 2.52 bits per heavy atom. The van der Waals surface area contributed by atoms with E-state index in [-0.39, 0.29) is 5.41 Å².